The second kappa shape index (κ2) is 10.9. The van der Waals surface area contributed by atoms with Gasteiger partial charge in [-0.15, -0.1) is 24.0 Å². The van der Waals surface area contributed by atoms with Crippen LogP contribution in [0.4, 0.5) is 11.4 Å². The highest BCUT2D eigenvalue weighted by molar-refractivity contribution is 14.0. The maximum atomic E-state index is 5.97. The van der Waals surface area contributed by atoms with E-state index in [-0.39, 0.29) is 24.0 Å². The quantitative estimate of drug-likeness (QED) is 0.257. The number of hydrogen-bond acceptors (Lipinski definition) is 3. The molecular weight excluding hydrogens is 427 g/mol. The number of anilines is 2. The first-order valence-corrected chi connectivity index (χ1v) is 8.04. The topological polar surface area (TPSA) is 71.7 Å². The molecule has 2 rings (SSSR count). The molecule has 4 N–H and O–H groups in total. The second-order valence-corrected chi connectivity index (χ2v) is 5.74. The Bertz CT molecular complexity index is 686. The number of methoxy groups -OCH3 is 1. The molecule has 0 aliphatic heterocycles. The van der Waals surface area contributed by atoms with Gasteiger partial charge in [0.05, 0.1) is 13.2 Å². The average molecular weight is 454 g/mol. The number of nitrogens with zero attached hydrogens (tertiary/aromatic N) is 1. The van der Waals surface area contributed by atoms with Gasteiger partial charge < -0.3 is 21.1 Å². The molecule has 5 nitrogen and oxygen atoms in total. The van der Waals surface area contributed by atoms with Crippen molar-refractivity contribution in [1.29, 1.82) is 0 Å². The molecule has 2 aromatic carbocycles. The summed E-state index contributed by atoms with van der Waals surface area (Å²) in [5, 5.41) is 6.41. The lowest BCUT2D eigenvalue weighted by molar-refractivity contribution is 0.211. The molecule has 25 heavy (non-hydrogen) atoms. The minimum absolute atomic E-state index is 0. The van der Waals surface area contributed by atoms with Crippen molar-refractivity contribution >= 4 is 41.3 Å². The standard InChI is InChI=1S/C19H26N4O.HI/c1-14-4-7-18(12-15(14)2)23-19(20)22-13-16-5-8-17(9-6-16)21-10-11-24-3;/h4-9,12,21H,10-11,13H2,1-3H3,(H3,20,22,23);1H. The van der Waals surface area contributed by atoms with Crippen molar-refractivity contribution < 1.29 is 4.74 Å². The van der Waals surface area contributed by atoms with E-state index in [1.54, 1.807) is 7.11 Å². The van der Waals surface area contributed by atoms with Crippen LogP contribution >= 0.6 is 24.0 Å². The Hall–Kier alpha value is -1.80. The molecule has 0 spiro atoms. The Labute approximate surface area is 167 Å². The van der Waals surface area contributed by atoms with Gasteiger partial charge >= 0.3 is 0 Å². The van der Waals surface area contributed by atoms with Crippen molar-refractivity contribution in [2.45, 2.75) is 20.4 Å². The molecule has 0 bridgehead atoms. The monoisotopic (exact) mass is 454 g/mol. The van der Waals surface area contributed by atoms with Crippen LogP contribution in [-0.4, -0.2) is 26.2 Å². The van der Waals surface area contributed by atoms with Crippen LogP contribution in [0.2, 0.25) is 0 Å². The highest BCUT2D eigenvalue weighted by Crippen LogP contribution is 2.14. The number of ether oxygens (including phenoxy) is 1. The van der Waals surface area contributed by atoms with Gasteiger partial charge in [-0.3, -0.25) is 0 Å². The third-order valence-electron chi connectivity index (χ3n) is 3.80. The van der Waals surface area contributed by atoms with Gasteiger partial charge in [-0.25, -0.2) is 4.99 Å². The maximum Gasteiger partial charge on any atom is 0.193 e. The number of guanidine groups is 1. The number of aryl methyl sites for hydroxylation is 2. The molecule has 136 valence electrons. The van der Waals surface area contributed by atoms with Crippen LogP contribution in [0, 0.1) is 13.8 Å². The van der Waals surface area contributed by atoms with Gasteiger partial charge in [0.1, 0.15) is 0 Å². The first-order chi connectivity index (χ1) is 11.6. The minimum atomic E-state index is 0. The van der Waals surface area contributed by atoms with Gasteiger partial charge in [-0.1, -0.05) is 18.2 Å². The summed E-state index contributed by atoms with van der Waals surface area (Å²) in [6.45, 7) is 6.19. The molecule has 0 unspecified atom stereocenters. The van der Waals surface area contributed by atoms with Crippen molar-refractivity contribution in [3.05, 3.63) is 59.2 Å². The number of hydrogen-bond donors (Lipinski definition) is 3. The molecule has 0 fully saturated rings. The predicted octanol–water partition coefficient (Wildman–Crippen LogP) is 3.91. The number of halogens is 1. The number of benzene rings is 2. The third kappa shape index (κ3) is 7.31. The summed E-state index contributed by atoms with van der Waals surface area (Å²) < 4.78 is 5.01. The minimum Gasteiger partial charge on any atom is -0.383 e. The smallest absolute Gasteiger partial charge is 0.193 e. The summed E-state index contributed by atoms with van der Waals surface area (Å²) in [5.41, 5.74) is 11.6. The van der Waals surface area contributed by atoms with Gasteiger partial charge in [0.15, 0.2) is 5.96 Å². The fourth-order valence-electron chi connectivity index (χ4n) is 2.21. The summed E-state index contributed by atoms with van der Waals surface area (Å²) in [6, 6.07) is 14.3. The van der Waals surface area contributed by atoms with Crippen LogP contribution in [0.1, 0.15) is 16.7 Å². The number of nitrogens with two attached hydrogens (primary N) is 1. The molecule has 2 aromatic rings. The summed E-state index contributed by atoms with van der Waals surface area (Å²) in [7, 11) is 1.69. The van der Waals surface area contributed by atoms with E-state index in [0.29, 0.717) is 19.1 Å². The summed E-state index contributed by atoms with van der Waals surface area (Å²) in [4.78, 5) is 4.39. The highest BCUT2D eigenvalue weighted by Gasteiger charge is 1.99. The molecule has 0 amide bonds. The molecular formula is C19H27IN4O. The average Bonchev–Trinajstić information content (AvgIpc) is 2.58. The summed E-state index contributed by atoms with van der Waals surface area (Å²) >= 11 is 0. The highest BCUT2D eigenvalue weighted by atomic mass is 127. The van der Waals surface area contributed by atoms with Gasteiger partial charge in [-0.2, -0.15) is 0 Å². The zero-order chi connectivity index (χ0) is 17.4. The number of rotatable bonds is 7. The van der Waals surface area contributed by atoms with Crippen molar-refractivity contribution in [3.8, 4) is 0 Å². The Balaban J connectivity index is 0.00000312. The Morgan fingerprint density at radius 3 is 2.36 bits per heavy atom. The maximum absolute atomic E-state index is 5.97. The van der Waals surface area contributed by atoms with E-state index in [9.17, 15) is 0 Å². The van der Waals surface area contributed by atoms with Crippen molar-refractivity contribution in [1.82, 2.24) is 0 Å². The first-order valence-electron chi connectivity index (χ1n) is 8.04. The van der Waals surface area contributed by atoms with Crippen LogP contribution in [0.25, 0.3) is 0 Å². The van der Waals surface area contributed by atoms with Crippen molar-refractivity contribution in [3.63, 3.8) is 0 Å². The Morgan fingerprint density at radius 2 is 1.72 bits per heavy atom. The molecule has 0 radical (unpaired) electrons. The summed E-state index contributed by atoms with van der Waals surface area (Å²) in [6.07, 6.45) is 0. The number of nitrogens with one attached hydrogen (secondary N) is 2. The lowest BCUT2D eigenvalue weighted by atomic mass is 10.1. The number of aliphatic imine (C=N–C) groups is 1. The van der Waals surface area contributed by atoms with E-state index in [1.165, 1.54) is 11.1 Å². The lowest BCUT2D eigenvalue weighted by Gasteiger charge is -2.08. The fourth-order valence-corrected chi connectivity index (χ4v) is 2.21. The molecule has 0 saturated carbocycles. The van der Waals surface area contributed by atoms with Crippen molar-refractivity contribution in [2.75, 3.05) is 30.9 Å². The summed E-state index contributed by atoms with van der Waals surface area (Å²) in [5.74, 6) is 0.417. The van der Waals surface area contributed by atoms with Crippen LogP contribution in [0.5, 0.6) is 0 Å². The van der Waals surface area contributed by atoms with E-state index < -0.39 is 0 Å². The van der Waals surface area contributed by atoms with Crippen LogP contribution in [0.15, 0.2) is 47.5 Å². The zero-order valence-electron chi connectivity index (χ0n) is 15.0. The van der Waals surface area contributed by atoms with Gasteiger partial charge in [0.25, 0.3) is 0 Å². The van der Waals surface area contributed by atoms with E-state index in [1.807, 2.05) is 30.3 Å². The van der Waals surface area contributed by atoms with Gasteiger partial charge in [0, 0.05) is 25.0 Å². The Kier molecular flexibility index (Phi) is 9.30. The van der Waals surface area contributed by atoms with E-state index in [2.05, 4.69) is 41.6 Å². The normalized spacial score (nSPS) is 10.9. The molecule has 0 heterocycles. The van der Waals surface area contributed by atoms with Crippen molar-refractivity contribution in [2.24, 2.45) is 10.7 Å². The predicted molar refractivity (Wildman–Crippen MR) is 117 cm³/mol. The molecule has 0 aromatic heterocycles. The van der Waals surface area contributed by atoms with Gasteiger partial charge in [-0.05, 0) is 54.8 Å². The molecule has 0 aliphatic carbocycles. The molecule has 0 atom stereocenters. The van der Waals surface area contributed by atoms with E-state index >= 15 is 0 Å². The van der Waals surface area contributed by atoms with E-state index in [0.717, 1.165) is 23.5 Å². The molecule has 0 saturated heterocycles. The largest absolute Gasteiger partial charge is 0.383 e. The van der Waals surface area contributed by atoms with Gasteiger partial charge in [0.2, 0.25) is 0 Å². The molecule has 0 aliphatic rings. The Morgan fingerprint density at radius 1 is 1.04 bits per heavy atom. The SMILES string of the molecule is COCCNc1ccc(CN=C(N)Nc2ccc(C)c(C)c2)cc1.I. The fraction of sp³-hybridized carbons (Fsp3) is 0.316. The zero-order valence-corrected chi connectivity index (χ0v) is 17.3. The van der Waals surface area contributed by atoms with Crippen LogP contribution in [-0.2, 0) is 11.3 Å². The lowest BCUT2D eigenvalue weighted by Crippen LogP contribution is -2.22. The molecule has 6 heteroatoms. The second-order valence-electron chi connectivity index (χ2n) is 5.74. The van der Waals surface area contributed by atoms with E-state index in [4.69, 9.17) is 10.5 Å². The van der Waals surface area contributed by atoms with Crippen LogP contribution in [0.3, 0.4) is 0 Å². The van der Waals surface area contributed by atoms with Crippen LogP contribution < -0.4 is 16.4 Å². The third-order valence-corrected chi connectivity index (χ3v) is 3.80. The first kappa shape index (κ1) is 21.2.